The van der Waals surface area contributed by atoms with Crippen LogP contribution in [0.15, 0.2) is 12.7 Å². The standard InChI is InChI=1S/C10H20O/c1-6-7-10(11,8(2)3)9(4)5/h6,8-9,11H,1,7H2,2-5H3. The summed E-state index contributed by atoms with van der Waals surface area (Å²) in [6.45, 7) is 11.8. The smallest absolute Gasteiger partial charge is 0.0727 e. The summed E-state index contributed by atoms with van der Waals surface area (Å²) in [5, 5.41) is 10.1. The first-order chi connectivity index (χ1) is 4.95. The van der Waals surface area contributed by atoms with Crippen molar-refractivity contribution in [3.8, 4) is 0 Å². The van der Waals surface area contributed by atoms with Crippen LogP contribution in [-0.4, -0.2) is 10.7 Å². The highest BCUT2D eigenvalue weighted by molar-refractivity contribution is 4.91. The van der Waals surface area contributed by atoms with E-state index < -0.39 is 5.60 Å². The topological polar surface area (TPSA) is 20.2 Å². The molecule has 0 fully saturated rings. The molecule has 0 unspecified atom stereocenters. The lowest BCUT2D eigenvalue weighted by molar-refractivity contribution is -0.0438. The molecule has 0 aliphatic rings. The Morgan fingerprint density at radius 1 is 1.27 bits per heavy atom. The van der Waals surface area contributed by atoms with Gasteiger partial charge in [0.15, 0.2) is 0 Å². The van der Waals surface area contributed by atoms with Crippen molar-refractivity contribution in [2.45, 2.75) is 39.7 Å². The van der Waals surface area contributed by atoms with Gasteiger partial charge in [0.05, 0.1) is 5.60 Å². The Bertz CT molecular complexity index is 117. The Hall–Kier alpha value is -0.300. The van der Waals surface area contributed by atoms with Gasteiger partial charge in [-0.2, -0.15) is 0 Å². The first-order valence-electron chi connectivity index (χ1n) is 4.28. The minimum atomic E-state index is -0.568. The molecule has 0 aliphatic heterocycles. The molecule has 0 rings (SSSR count). The lowest BCUT2D eigenvalue weighted by atomic mass is 9.78. The van der Waals surface area contributed by atoms with E-state index in [4.69, 9.17) is 0 Å². The number of hydrogen-bond donors (Lipinski definition) is 1. The van der Waals surface area contributed by atoms with E-state index in [1.54, 1.807) is 6.08 Å². The molecule has 0 spiro atoms. The molecule has 11 heavy (non-hydrogen) atoms. The van der Waals surface area contributed by atoms with Crippen LogP contribution in [-0.2, 0) is 0 Å². The monoisotopic (exact) mass is 156 g/mol. The fourth-order valence-corrected chi connectivity index (χ4v) is 1.37. The molecule has 0 saturated carbocycles. The molecular weight excluding hydrogens is 136 g/mol. The molecule has 1 heteroatoms. The van der Waals surface area contributed by atoms with Crippen LogP contribution in [0.2, 0.25) is 0 Å². The first kappa shape index (κ1) is 10.7. The van der Waals surface area contributed by atoms with E-state index in [-0.39, 0.29) is 0 Å². The minimum absolute atomic E-state index is 0.292. The molecule has 0 aromatic rings. The van der Waals surface area contributed by atoms with Crippen LogP contribution in [0.4, 0.5) is 0 Å². The van der Waals surface area contributed by atoms with Crippen molar-refractivity contribution in [2.24, 2.45) is 11.8 Å². The van der Waals surface area contributed by atoms with Crippen molar-refractivity contribution >= 4 is 0 Å². The Balaban J connectivity index is 4.37. The summed E-state index contributed by atoms with van der Waals surface area (Å²) in [6, 6.07) is 0. The minimum Gasteiger partial charge on any atom is -0.389 e. The molecule has 0 radical (unpaired) electrons. The third kappa shape index (κ3) is 2.33. The molecule has 0 bridgehead atoms. The molecule has 0 aliphatic carbocycles. The molecule has 1 nitrogen and oxygen atoms in total. The van der Waals surface area contributed by atoms with E-state index in [9.17, 15) is 5.11 Å². The lowest BCUT2D eigenvalue weighted by Crippen LogP contribution is -2.39. The summed E-state index contributed by atoms with van der Waals surface area (Å²) < 4.78 is 0. The van der Waals surface area contributed by atoms with Crippen LogP contribution < -0.4 is 0 Å². The predicted molar refractivity (Wildman–Crippen MR) is 49.4 cm³/mol. The first-order valence-corrected chi connectivity index (χ1v) is 4.28. The predicted octanol–water partition coefficient (Wildman–Crippen LogP) is 2.61. The van der Waals surface area contributed by atoms with Crippen molar-refractivity contribution in [3.63, 3.8) is 0 Å². The molecule has 0 atom stereocenters. The Labute approximate surface area is 70.1 Å². The third-order valence-electron chi connectivity index (χ3n) is 2.47. The van der Waals surface area contributed by atoms with E-state index >= 15 is 0 Å². The number of rotatable bonds is 4. The van der Waals surface area contributed by atoms with Crippen molar-refractivity contribution in [2.75, 3.05) is 0 Å². The summed E-state index contributed by atoms with van der Waals surface area (Å²) in [5.41, 5.74) is -0.568. The van der Waals surface area contributed by atoms with Crippen molar-refractivity contribution in [1.82, 2.24) is 0 Å². The van der Waals surface area contributed by atoms with Gasteiger partial charge in [-0.25, -0.2) is 0 Å². The van der Waals surface area contributed by atoms with Crippen molar-refractivity contribution in [1.29, 1.82) is 0 Å². The number of hydrogen-bond acceptors (Lipinski definition) is 1. The summed E-state index contributed by atoms with van der Waals surface area (Å²) in [7, 11) is 0. The van der Waals surface area contributed by atoms with Gasteiger partial charge in [-0.3, -0.25) is 0 Å². The van der Waals surface area contributed by atoms with Crippen molar-refractivity contribution in [3.05, 3.63) is 12.7 Å². The SMILES string of the molecule is C=CCC(O)(C(C)C)C(C)C. The quantitative estimate of drug-likeness (QED) is 0.620. The zero-order valence-corrected chi connectivity index (χ0v) is 8.09. The largest absolute Gasteiger partial charge is 0.389 e. The van der Waals surface area contributed by atoms with Gasteiger partial charge >= 0.3 is 0 Å². The van der Waals surface area contributed by atoms with Crippen LogP contribution in [0.25, 0.3) is 0 Å². The summed E-state index contributed by atoms with van der Waals surface area (Å²) in [5.74, 6) is 0.584. The zero-order chi connectivity index (χ0) is 9.07. The van der Waals surface area contributed by atoms with Crippen LogP contribution in [0, 0.1) is 11.8 Å². The van der Waals surface area contributed by atoms with Gasteiger partial charge in [-0.15, -0.1) is 6.58 Å². The second-order valence-electron chi connectivity index (χ2n) is 3.79. The fourth-order valence-electron chi connectivity index (χ4n) is 1.37. The molecule has 0 aromatic heterocycles. The molecule has 1 N–H and O–H groups in total. The van der Waals surface area contributed by atoms with Crippen LogP contribution >= 0.6 is 0 Å². The van der Waals surface area contributed by atoms with E-state index in [1.165, 1.54) is 0 Å². The molecule has 66 valence electrons. The Morgan fingerprint density at radius 3 is 1.73 bits per heavy atom. The van der Waals surface area contributed by atoms with E-state index in [1.807, 2.05) is 27.7 Å². The molecule has 0 aromatic carbocycles. The van der Waals surface area contributed by atoms with Gasteiger partial charge < -0.3 is 5.11 Å². The average molecular weight is 156 g/mol. The molecule has 0 saturated heterocycles. The Morgan fingerprint density at radius 2 is 1.64 bits per heavy atom. The highest BCUT2D eigenvalue weighted by atomic mass is 16.3. The van der Waals surface area contributed by atoms with Gasteiger partial charge in [-0.1, -0.05) is 33.8 Å². The third-order valence-corrected chi connectivity index (χ3v) is 2.47. The highest BCUT2D eigenvalue weighted by Gasteiger charge is 2.32. The van der Waals surface area contributed by atoms with Crippen LogP contribution in [0.3, 0.4) is 0 Å². The highest BCUT2D eigenvalue weighted by Crippen LogP contribution is 2.29. The van der Waals surface area contributed by atoms with Gasteiger partial charge in [0.2, 0.25) is 0 Å². The van der Waals surface area contributed by atoms with E-state index in [2.05, 4.69) is 6.58 Å². The maximum atomic E-state index is 10.1. The maximum Gasteiger partial charge on any atom is 0.0727 e. The average Bonchev–Trinajstić information content (AvgIpc) is 1.87. The lowest BCUT2D eigenvalue weighted by Gasteiger charge is -2.35. The second-order valence-corrected chi connectivity index (χ2v) is 3.79. The zero-order valence-electron chi connectivity index (χ0n) is 8.09. The fraction of sp³-hybridized carbons (Fsp3) is 0.800. The van der Waals surface area contributed by atoms with Crippen molar-refractivity contribution < 1.29 is 5.11 Å². The normalized spacial score (nSPS) is 12.6. The molecule has 0 heterocycles. The summed E-state index contributed by atoms with van der Waals surface area (Å²) in [4.78, 5) is 0. The summed E-state index contributed by atoms with van der Waals surface area (Å²) in [6.07, 6.45) is 2.47. The van der Waals surface area contributed by atoms with Gasteiger partial charge in [0, 0.05) is 0 Å². The second kappa shape index (κ2) is 3.91. The molecular formula is C10H20O. The van der Waals surface area contributed by atoms with E-state index in [0.29, 0.717) is 18.3 Å². The summed E-state index contributed by atoms with van der Waals surface area (Å²) >= 11 is 0. The van der Waals surface area contributed by atoms with Crippen LogP contribution in [0.1, 0.15) is 34.1 Å². The van der Waals surface area contributed by atoms with Crippen LogP contribution in [0.5, 0.6) is 0 Å². The van der Waals surface area contributed by atoms with Gasteiger partial charge in [0.25, 0.3) is 0 Å². The van der Waals surface area contributed by atoms with Gasteiger partial charge in [-0.05, 0) is 18.3 Å². The number of aliphatic hydroxyl groups is 1. The van der Waals surface area contributed by atoms with E-state index in [0.717, 1.165) is 0 Å². The maximum absolute atomic E-state index is 10.1. The molecule has 0 amide bonds. The van der Waals surface area contributed by atoms with Gasteiger partial charge in [0.1, 0.15) is 0 Å². The Kier molecular flexibility index (Phi) is 3.81.